The number of nitrogens with zero attached hydrogens (tertiary/aromatic N) is 3. The van der Waals surface area contributed by atoms with E-state index in [1.807, 2.05) is 29.4 Å². The second-order valence-corrected chi connectivity index (χ2v) is 6.18. The van der Waals surface area contributed by atoms with Crippen LogP contribution >= 0.6 is 23.4 Å². The van der Waals surface area contributed by atoms with E-state index in [0.29, 0.717) is 6.04 Å². The molecule has 0 aliphatic carbocycles. The monoisotopic (exact) mass is 294 g/mol. The Hall–Kier alpha value is -1.04. The normalized spacial score (nSPS) is 18.3. The van der Waals surface area contributed by atoms with Gasteiger partial charge in [0, 0.05) is 23.0 Å². The van der Waals surface area contributed by atoms with Gasteiger partial charge >= 0.3 is 0 Å². The van der Waals surface area contributed by atoms with E-state index in [1.165, 1.54) is 10.5 Å². The average molecular weight is 295 g/mol. The summed E-state index contributed by atoms with van der Waals surface area (Å²) in [5, 5.41) is 12.3. The molecule has 0 saturated carbocycles. The van der Waals surface area contributed by atoms with Crippen molar-refractivity contribution in [3.63, 3.8) is 0 Å². The predicted octanol–water partition coefficient (Wildman–Crippen LogP) is 2.80. The maximum atomic E-state index is 6.10. The average Bonchev–Trinajstić information content (AvgIpc) is 2.82. The van der Waals surface area contributed by atoms with E-state index in [0.717, 1.165) is 29.6 Å². The number of benzene rings is 1. The van der Waals surface area contributed by atoms with Crippen LogP contribution in [0.1, 0.15) is 23.9 Å². The first-order valence-corrected chi connectivity index (χ1v) is 7.59. The summed E-state index contributed by atoms with van der Waals surface area (Å²) >= 11 is 8.00. The molecule has 100 valence electrons. The standard InChI is InChI=1S/C13H15ClN4S/c1-18-8-16-17-13(18)7-15-11-4-5-19-12-3-2-9(14)6-10(11)12/h2-3,6,8,11,15H,4-5,7H2,1H3. The molecule has 1 aliphatic heterocycles. The minimum absolute atomic E-state index is 0.339. The van der Waals surface area contributed by atoms with Gasteiger partial charge in [0.25, 0.3) is 0 Å². The summed E-state index contributed by atoms with van der Waals surface area (Å²) < 4.78 is 1.93. The van der Waals surface area contributed by atoms with Crippen LogP contribution in [0.4, 0.5) is 0 Å². The van der Waals surface area contributed by atoms with Crippen molar-refractivity contribution in [1.29, 1.82) is 0 Å². The lowest BCUT2D eigenvalue weighted by Gasteiger charge is -2.26. The fourth-order valence-electron chi connectivity index (χ4n) is 2.26. The van der Waals surface area contributed by atoms with Gasteiger partial charge in [0.2, 0.25) is 0 Å². The van der Waals surface area contributed by atoms with Gasteiger partial charge in [0.05, 0.1) is 6.54 Å². The molecule has 2 aromatic rings. The van der Waals surface area contributed by atoms with Gasteiger partial charge in [-0.2, -0.15) is 0 Å². The number of rotatable bonds is 3. The van der Waals surface area contributed by atoms with Gasteiger partial charge in [-0.15, -0.1) is 22.0 Å². The molecule has 0 amide bonds. The number of fused-ring (bicyclic) bond motifs is 1. The van der Waals surface area contributed by atoms with E-state index in [2.05, 4.69) is 27.6 Å². The molecule has 0 bridgehead atoms. The molecule has 1 atom stereocenters. The van der Waals surface area contributed by atoms with Gasteiger partial charge in [-0.3, -0.25) is 0 Å². The lowest BCUT2D eigenvalue weighted by atomic mass is 10.0. The highest BCUT2D eigenvalue weighted by atomic mass is 35.5. The van der Waals surface area contributed by atoms with Crippen molar-refractivity contribution in [2.24, 2.45) is 7.05 Å². The number of hydrogen-bond acceptors (Lipinski definition) is 4. The molecule has 0 radical (unpaired) electrons. The first-order chi connectivity index (χ1) is 9.24. The molecule has 6 heteroatoms. The van der Waals surface area contributed by atoms with E-state index in [4.69, 9.17) is 11.6 Å². The fraction of sp³-hybridized carbons (Fsp3) is 0.385. The van der Waals surface area contributed by atoms with Crippen LogP contribution in [0.3, 0.4) is 0 Å². The molecule has 0 spiro atoms. The van der Waals surface area contributed by atoms with Gasteiger partial charge in [-0.05, 0) is 35.9 Å². The second kappa shape index (κ2) is 5.53. The smallest absolute Gasteiger partial charge is 0.146 e. The topological polar surface area (TPSA) is 42.7 Å². The summed E-state index contributed by atoms with van der Waals surface area (Å²) in [5.41, 5.74) is 1.30. The van der Waals surface area contributed by atoms with E-state index in [9.17, 15) is 0 Å². The zero-order chi connectivity index (χ0) is 13.2. The van der Waals surface area contributed by atoms with Gasteiger partial charge in [0.1, 0.15) is 12.2 Å². The zero-order valence-electron chi connectivity index (χ0n) is 10.6. The third-order valence-electron chi connectivity index (χ3n) is 3.32. The fourth-order valence-corrected chi connectivity index (χ4v) is 3.55. The number of aromatic nitrogens is 3. The molecule has 1 aromatic heterocycles. The van der Waals surface area contributed by atoms with Crippen molar-refractivity contribution in [1.82, 2.24) is 20.1 Å². The van der Waals surface area contributed by atoms with Crippen LogP contribution in [-0.4, -0.2) is 20.5 Å². The molecule has 3 rings (SSSR count). The molecule has 0 fully saturated rings. The van der Waals surface area contributed by atoms with Crippen LogP contribution in [0.5, 0.6) is 0 Å². The van der Waals surface area contributed by atoms with Crippen molar-refractivity contribution in [2.45, 2.75) is 23.9 Å². The summed E-state index contributed by atoms with van der Waals surface area (Å²) in [4.78, 5) is 1.33. The third-order valence-corrected chi connectivity index (χ3v) is 4.68. The molecule has 0 saturated heterocycles. The highest BCUT2D eigenvalue weighted by molar-refractivity contribution is 7.99. The predicted molar refractivity (Wildman–Crippen MR) is 77.4 cm³/mol. The van der Waals surface area contributed by atoms with Crippen LogP contribution in [0.25, 0.3) is 0 Å². The van der Waals surface area contributed by atoms with Crippen molar-refractivity contribution < 1.29 is 0 Å². The Bertz CT molecular complexity index is 584. The molecular formula is C13H15ClN4S. The minimum atomic E-state index is 0.339. The van der Waals surface area contributed by atoms with Crippen molar-refractivity contribution in [3.8, 4) is 0 Å². The van der Waals surface area contributed by atoms with Crippen LogP contribution < -0.4 is 5.32 Å². The summed E-state index contributed by atoms with van der Waals surface area (Å²) in [5.74, 6) is 2.08. The van der Waals surface area contributed by atoms with Gasteiger partial charge in [-0.1, -0.05) is 11.6 Å². The Balaban J connectivity index is 1.76. The SMILES string of the molecule is Cn1cnnc1CNC1CCSc2ccc(Cl)cc21. The van der Waals surface area contributed by atoms with Gasteiger partial charge < -0.3 is 9.88 Å². The second-order valence-electron chi connectivity index (χ2n) is 4.61. The molecule has 1 aliphatic rings. The Morgan fingerprint density at radius 3 is 3.21 bits per heavy atom. The first kappa shape index (κ1) is 13.0. The van der Waals surface area contributed by atoms with E-state index >= 15 is 0 Å². The Morgan fingerprint density at radius 2 is 2.42 bits per heavy atom. The van der Waals surface area contributed by atoms with E-state index < -0.39 is 0 Å². The van der Waals surface area contributed by atoms with Crippen LogP contribution in [-0.2, 0) is 13.6 Å². The van der Waals surface area contributed by atoms with E-state index in [-0.39, 0.29) is 0 Å². The third kappa shape index (κ3) is 2.78. The minimum Gasteiger partial charge on any atom is -0.320 e. The van der Waals surface area contributed by atoms with E-state index in [1.54, 1.807) is 6.33 Å². The Kier molecular flexibility index (Phi) is 3.77. The first-order valence-electron chi connectivity index (χ1n) is 6.22. The largest absolute Gasteiger partial charge is 0.320 e. The number of hydrogen-bond donors (Lipinski definition) is 1. The number of aryl methyl sites for hydroxylation is 1. The number of halogens is 1. The van der Waals surface area contributed by atoms with Crippen LogP contribution in [0, 0.1) is 0 Å². The Labute approximate surface area is 121 Å². The zero-order valence-corrected chi connectivity index (χ0v) is 12.2. The molecule has 1 unspecified atom stereocenters. The Morgan fingerprint density at radius 1 is 1.53 bits per heavy atom. The molecule has 19 heavy (non-hydrogen) atoms. The maximum absolute atomic E-state index is 6.10. The molecular weight excluding hydrogens is 280 g/mol. The summed E-state index contributed by atoms with van der Waals surface area (Å²) in [6, 6.07) is 6.47. The van der Waals surface area contributed by atoms with Gasteiger partial charge in [0.15, 0.2) is 0 Å². The number of nitrogens with one attached hydrogen (secondary N) is 1. The van der Waals surface area contributed by atoms with Gasteiger partial charge in [-0.25, -0.2) is 0 Å². The molecule has 1 N–H and O–H groups in total. The molecule has 1 aromatic carbocycles. The highest BCUT2D eigenvalue weighted by Crippen LogP contribution is 2.37. The molecule has 4 nitrogen and oxygen atoms in total. The van der Waals surface area contributed by atoms with Crippen LogP contribution in [0.15, 0.2) is 29.4 Å². The lowest BCUT2D eigenvalue weighted by molar-refractivity contribution is 0.494. The van der Waals surface area contributed by atoms with Crippen molar-refractivity contribution in [3.05, 3.63) is 40.9 Å². The van der Waals surface area contributed by atoms with Crippen LogP contribution in [0.2, 0.25) is 5.02 Å². The quantitative estimate of drug-likeness (QED) is 0.945. The summed E-state index contributed by atoms with van der Waals surface area (Å²) in [6.07, 6.45) is 2.83. The summed E-state index contributed by atoms with van der Waals surface area (Å²) in [7, 11) is 1.96. The van der Waals surface area contributed by atoms with Crippen molar-refractivity contribution in [2.75, 3.05) is 5.75 Å². The lowest BCUT2D eigenvalue weighted by Crippen LogP contribution is -2.25. The van der Waals surface area contributed by atoms with Crippen molar-refractivity contribution >= 4 is 23.4 Å². The number of thioether (sulfide) groups is 1. The molecule has 2 heterocycles. The summed E-state index contributed by atoms with van der Waals surface area (Å²) in [6.45, 7) is 0.720. The maximum Gasteiger partial charge on any atom is 0.146 e. The highest BCUT2D eigenvalue weighted by Gasteiger charge is 2.21.